The first-order chi connectivity index (χ1) is 7.29. The number of hydrogen-bond acceptors (Lipinski definition) is 3. The zero-order valence-corrected chi connectivity index (χ0v) is 10.5. The van der Waals surface area contributed by atoms with Crippen LogP contribution >= 0.6 is 31.0 Å². The van der Waals surface area contributed by atoms with Crippen LogP contribution in [0, 0.1) is 0 Å². The number of benzene rings is 1. The third-order valence-corrected chi connectivity index (χ3v) is 2.87. The van der Waals surface area contributed by atoms with Crippen LogP contribution in [-0.2, 0) is 9.09 Å². The lowest BCUT2D eigenvalue weighted by Gasteiger charge is -2.16. The molecule has 0 heterocycles. The standard InChI is InChI=1S/C8H9Cl2O5P/c1-5(15-16(11,12)13)14-7-4-2-3-6(9)8(7)10/h2-5H,1H3,(H2,11,12,13). The Morgan fingerprint density at radius 3 is 2.56 bits per heavy atom. The molecule has 0 saturated heterocycles. The summed E-state index contributed by atoms with van der Waals surface area (Å²) in [5.41, 5.74) is 0. The maximum absolute atomic E-state index is 10.5. The van der Waals surface area contributed by atoms with E-state index in [9.17, 15) is 4.57 Å². The molecular weight excluding hydrogens is 278 g/mol. The largest absolute Gasteiger partial charge is 0.472 e. The molecule has 8 heteroatoms. The monoisotopic (exact) mass is 286 g/mol. The van der Waals surface area contributed by atoms with Crippen molar-refractivity contribution in [3.05, 3.63) is 28.2 Å². The minimum absolute atomic E-state index is 0.158. The first-order valence-electron chi connectivity index (χ1n) is 4.14. The molecule has 0 fully saturated rings. The van der Waals surface area contributed by atoms with E-state index in [1.54, 1.807) is 12.1 Å². The third kappa shape index (κ3) is 4.29. The van der Waals surface area contributed by atoms with Crippen molar-refractivity contribution in [1.29, 1.82) is 0 Å². The van der Waals surface area contributed by atoms with Crippen molar-refractivity contribution in [3.63, 3.8) is 0 Å². The van der Waals surface area contributed by atoms with Gasteiger partial charge >= 0.3 is 7.82 Å². The van der Waals surface area contributed by atoms with Crippen molar-refractivity contribution in [2.75, 3.05) is 0 Å². The van der Waals surface area contributed by atoms with Gasteiger partial charge in [-0.25, -0.2) is 9.09 Å². The average molecular weight is 287 g/mol. The molecular formula is C8H9Cl2O5P. The van der Waals surface area contributed by atoms with Crippen molar-refractivity contribution < 1.29 is 23.6 Å². The highest BCUT2D eigenvalue weighted by Crippen LogP contribution is 2.39. The fourth-order valence-electron chi connectivity index (χ4n) is 0.969. The molecule has 0 bridgehead atoms. The second-order valence-corrected chi connectivity index (χ2v) is 4.81. The Hall–Kier alpha value is -0.290. The molecule has 16 heavy (non-hydrogen) atoms. The number of ether oxygens (including phenoxy) is 1. The van der Waals surface area contributed by atoms with Crippen molar-refractivity contribution in [1.82, 2.24) is 0 Å². The maximum atomic E-state index is 10.5. The second kappa shape index (κ2) is 5.36. The Labute approximate surface area is 102 Å². The molecule has 1 rings (SSSR count). The molecule has 0 aliphatic heterocycles. The summed E-state index contributed by atoms with van der Waals surface area (Å²) in [5, 5.41) is 0.438. The van der Waals surface area contributed by atoms with Crippen molar-refractivity contribution in [2.24, 2.45) is 0 Å². The molecule has 0 aliphatic carbocycles. The summed E-state index contributed by atoms with van der Waals surface area (Å²) in [6.07, 6.45) is -1.14. The third-order valence-electron chi connectivity index (χ3n) is 1.49. The number of halogens is 2. The predicted octanol–water partition coefficient (Wildman–Crippen LogP) is 2.83. The van der Waals surface area contributed by atoms with Crippen LogP contribution < -0.4 is 4.74 Å². The van der Waals surface area contributed by atoms with E-state index in [0.29, 0.717) is 0 Å². The highest BCUT2D eigenvalue weighted by molar-refractivity contribution is 7.46. The number of hydrogen-bond donors (Lipinski definition) is 2. The van der Waals surface area contributed by atoms with E-state index < -0.39 is 14.1 Å². The van der Waals surface area contributed by atoms with Gasteiger partial charge in [-0.1, -0.05) is 29.3 Å². The van der Waals surface area contributed by atoms with Gasteiger partial charge in [0.25, 0.3) is 0 Å². The Kier molecular flexibility index (Phi) is 4.62. The summed E-state index contributed by atoms with van der Waals surface area (Å²) in [4.78, 5) is 17.1. The smallest absolute Gasteiger partial charge is 0.463 e. The predicted molar refractivity (Wildman–Crippen MR) is 59.7 cm³/mol. The van der Waals surface area contributed by atoms with E-state index in [1.165, 1.54) is 13.0 Å². The molecule has 0 aromatic heterocycles. The Balaban J connectivity index is 2.74. The van der Waals surface area contributed by atoms with Crippen LogP contribution in [0.1, 0.15) is 6.92 Å². The topological polar surface area (TPSA) is 76.0 Å². The first-order valence-corrected chi connectivity index (χ1v) is 6.43. The second-order valence-electron chi connectivity index (χ2n) is 2.83. The average Bonchev–Trinajstić information content (AvgIpc) is 2.09. The van der Waals surface area contributed by atoms with Gasteiger partial charge in [0.15, 0.2) is 0 Å². The van der Waals surface area contributed by atoms with Gasteiger partial charge in [-0.2, -0.15) is 0 Å². The molecule has 1 unspecified atom stereocenters. The molecule has 1 aromatic rings. The van der Waals surface area contributed by atoms with Gasteiger partial charge in [0, 0.05) is 0 Å². The summed E-state index contributed by atoms with van der Waals surface area (Å²) in [6.45, 7) is 1.33. The van der Waals surface area contributed by atoms with E-state index >= 15 is 0 Å². The van der Waals surface area contributed by atoms with Crippen LogP contribution in [0.15, 0.2) is 18.2 Å². The van der Waals surface area contributed by atoms with Crippen LogP contribution in [-0.4, -0.2) is 16.1 Å². The van der Waals surface area contributed by atoms with Gasteiger partial charge < -0.3 is 14.5 Å². The van der Waals surface area contributed by atoms with Crippen LogP contribution in [0.2, 0.25) is 10.0 Å². The fraction of sp³-hybridized carbons (Fsp3) is 0.250. The summed E-state index contributed by atoms with van der Waals surface area (Å²) < 4.78 is 19.9. The van der Waals surface area contributed by atoms with Crippen molar-refractivity contribution in [3.8, 4) is 5.75 Å². The molecule has 90 valence electrons. The van der Waals surface area contributed by atoms with Gasteiger partial charge in [-0.05, 0) is 19.1 Å². The molecule has 0 aliphatic rings. The summed E-state index contributed by atoms with van der Waals surface area (Å²) in [5.74, 6) is 0.190. The minimum Gasteiger partial charge on any atom is -0.463 e. The highest BCUT2D eigenvalue weighted by atomic mass is 35.5. The van der Waals surface area contributed by atoms with E-state index in [0.717, 1.165) is 0 Å². The fourth-order valence-corrected chi connectivity index (χ4v) is 1.73. The number of phosphoric ester groups is 1. The summed E-state index contributed by atoms with van der Waals surface area (Å²) >= 11 is 11.5. The molecule has 0 spiro atoms. The van der Waals surface area contributed by atoms with E-state index in [2.05, 4.69) is 4.52 Å². The van der Waals surface area contributed by atoms with Crippen LogP contribution in [0.4, 0.5) is 0 Å². The molecule has 0 amide bonds. The zero-order chi connectivity index (χ0) is 12.3. The molecule has 1 aromatic carbocycles. The quantitative estimate of drug-likeness (QED) is 0.657. The van der Waals surface area contributed by atoms with E-state index in [1.807, 2.05) is 0 Å². The van der Waals surface area contributed by atoms with Crippen molar-refractivity contribution >= 4 is 31.0 Å². The molecule has 1 atom stereocenters. The summed E-state index contributed by atoms with van der Waals surface area (Å²) in [7, 11) is -4.59. The van der Waals surface area contributed by atoms with Gasteiger partial charge in [-0.3, -0.25) is 0 Å². The first kappa shape index (κ1) is 13.8. The van der Waals surface area contributed by atoms with E-state index in [-0.39, 0.29) is 15.8 Å². The van der Waals surface area contributed by atoms with Gasteiger partial charge in [0.2, 0.25) is 6.29 Å². The molecule has 2 N–H and O–H groups in total. The summed E-state index contributed by atoms with van der Waals surface area (Å²) in [6, 6.07) is 4.66. The number of rotatable bonds is 4. The Morgan fingerprint density at radius 2 is 2.00 bits per heavy atom. The normalized spacial score (nSPS) is 13.6. The lowest BCUT2D eigenvalue weighted by atomic mass is 10.3. The lowest BCUT2D eigenvalue weighted by Crippen LogP contribution is -2.14. The highest BCUT2D eigenvalue weighted by Gasteiger charge is 2.20. The maximum Gasteiger partial charge on any atom is 0.472 e. The van der Waals surface area contributed by atoms with Crippen LogP contribution in [0.25, 0.3) is 0 Å². The van der Waals surface area contributed by atoms with Gasteiger partial charge in [0.1, 0.15) is 10.8 Å². The Morgan fingerprint density at radius 1 is 1.38 bits per heavy atom. The Bertz CT molecular complexity index is 419. The van der Waals surface area contributed by atoms with Gasteiger partial charge in [0.05, 0.1) is 5.02 Å². The van der Waals surface area contributed by atoms with Crippen LogP contribution in [0.3, 0.4) is 0 Å². The minimum atomic E-state index is -4.59. The van der Waals surface area contributed by atoms with Crippen molar-refractivity contribution in [2.45, 2.75) is 13.2 Å². The van der Waals surface area contributed by atoms with Crippen LogP contribution in [0.5, 0.6) is 5.75 Å². The molecule has 0 saturated carbocycles. The van der Waals surface area contributed by atoms with E-state index in [4.69, 9.17) is 37.7 Å². The number of phosphoric acid groups is 1. The zero-order valence-electron chi connectivity index (χ0n) is 8.13. The van der Waals surface area contributed by atoms with Gasteiger partial charge in [-0.15, -0.1) is 0 Å². The lowest BCUT2D eigenvalue weighted by molar-refractivity contribution is -0.000764. The molecule has 5 nitrogen and oxygen atoms in total. The SMILES string of the molecule is CC(Oc1cccc(Cl)c1Cl)OP(=O)(O)O. The molecule has 0 radical (unpaired) electrons.